The summed E-state index contributed by atoms with van der Waals surface area (Å²) >= 11 is 1.31. The van der Waals surface area contributed by atoms with Crippen molar-refractivity contribution < 1.29 is 18.0 Å². The molecule has 174 valence electrons. The van der Waals surface area contributed by atoms with Crippen molar-refractivity contribution in [1.29, 1.82) is 0 Å². The fraction of sp³-hybridized carbons (Fsp3) is 0.375. The molecule has 0 aliphatic carbocycles. The van der Waals surface area contributed by atoms with Crippen LogP contribution in [0.25, 0.3) is 10.2 Å². The van der Waals surface area contributed by atoms with Gasteiger partial charge in [0.2, 0.25) is 10.0 Å². The molecule has 0 spiro atoms. The van der Waals surface area contributed by atoms with Gasteiger partial charge in [-0.05, 0) is 49.1 Å². The van der Waals surface area contributed by atoms with E-state index in [2.05, 4.69) is 18.8 Å². The molecule has 1 aliphatic heterocycles. The highest BCUT2D eigenvalue weighted by Gasteiger charge is 2.31. The Morgan fingerprint density at radius 3 is 2.27 bits per heavy atom. The van der Waals surface area contributed by atoms with E-state index in [1.165, 1.54) is 28.8 Å². The van der Waals surface area contributed by atoms with Gasteiger partial charge in [0.05, 0.1) is 9.77 Å². The quantitative estimate of drug-likeness (QED) is 0.508. The van der Waals surface area contributed by atoms with Gasteiger partial charge in [-0.15, -0.1) is 11.3 Å². The number of thiophene rings is 1. The van der Waals surface area contributed by atoms with Crippen molar-refractivity contribution in [2.75, 3.05) is 26.2 Å². The summed E-state index contributed by atoms with van der Waals surface area (Å²) < 4.78 is 27.6. The second-order valence-electron chi connectivity index (χ2n) is 8.61. The molecule has 0 saturated carbocycles. The van der Waals surface area contributed by atoms with Gasteiger partial charge in [0.15, 0.2) is 5.78 Å². The lowest BCUT2D eigenvalue weighted by Crippen LogP contribution is -2.50. The average Bonchev–Trinajstić information content (AvgIpc) is 3.14. The third kappa shape index (κ3) is 4.45. The average molecular weight is 486 g/mol. The standard InChI is InChI=1S/C24H27N3O4S2/c1-15(2)18-5-7-20(8-6-18)33(30,31)27-11-9-26(10-12-27)24(29)22-16(3)21-13-19(17(4)28)14-25-23(21)32-22/h5-8,13-15H,9-12H2,1-4H3. The van der Waals surface area contributed by atoms with Gasteiger partial charge in [0, 0.05) is 43.3 Å². The number of rotatable bonds is 5. The number of fused-ring (bicyclic) bond motifs is 1. The lowest BCUT2D eigenvalue weighted by Gasteiger charge is -2.34. The highest BCUT2D eigenvalue weighted by Crippen LogP contribution is 2.31. The number of carbonyl (C=O) groups is 2. The Hall–Kier alpha value is -2.62. The van der Waals surface area contributed by atoms with E-state index in [4.69, 9.17) is 0 Å². The molecule has 33 heavy (non-hydrogen) atoms. The first-order valence-corrected chi connectivity index (χ1v) is 13.1. The van der Waals surface area contributed by atoms with Crippen molar-refractivity contribution in [3.63, 3.8) is 0 Å². The summed E-state index contributed by atoms with van der Waals surface area (Å²) in [7, 11) is -3.60. The van der Waals surface area contributed by atoms with Crippen LogP contribution in [-0.2, 0) is 10.0 Å². The Bertz CT molecular complexity index is 1320. The number of sulfonamides is 1. The van der Waals surface area contributed by atoms with Gasteiger partial charge in [0.25, 0.3) is 5.91 Å². The Morgan fingerprint density at radius 1 is 1.06 bits per heavy atom. The van der Waals surface area contributed by atoms with Gasteiger partial charge in [-0.3, -0.25) is 9.59 Å². The van der Waals surface area contributed by atoms with Crippen LogP contribution in [0.4, 0.5) is 0 Å². The number of aryl methyl sites for hydroxylation is 1. The van der Waals surface area contributed by atoms with Crippen LogP contribution in [0.3, 0.4) is 0 Å². The molecule has 0 N–H and O–H groups in total. The zero-order valence-corrected chi connectivity index (χ0v) is 20.8. The highest BCUT2D eigenvalue weighted by molar-refractivity contribution is 7.89. The molecule has 0 atom stereocenters. The van der Waals surface area contributed by atoms with Gasteiger partial charge < -0.3 is 4.90 Å². The fourth-order valence-corrected chi connectivity index (χ4v) is 6.47. The molecule has 1 amide bonds. The van der Waals surface area contributed by atoms with E-state index in [-0.39, 0.29) is 29.7 Å². The van der Waals surface area contributed by atoms with Crippen LogP contribution in [-0.4, -0.2) is 60.5 Å². The van der Waals surface area contributed by atoms with E-state index in [9.17, 15) is 18.0 Å². The smallest absolute Gasteiger partial charge is 0.264 e. The molecular formula is C24H27N3O4S2. The molecule has 7 nitrogen and oxygen atoms in total. The first kappa shape index (κ1) is 23.5. The third-order valence-corrected chi connectivity index (χ3v) is 9.22. The maximum atomic E-state index is 13.2. The van der Waals surface area contributed by atoms with Gasteiger partial charge in [-0.1, -0.05) is 26.0 Å². The summed E-state index contributed by atoms with van der Waals surface area (Å²) in [5.41, 5.74) is 2.41. The Balaban J connectivity index is 1.49. The lowest BCUT2D eigenvalue weighted by molar-refractivity contribution is 0.0702. The van der Waals surface area contributed by atoms with E-state index < -0.39 is 10.0 Å². The maximum Gasteiger partial charge on any atom is 0.264 e. The number of Topliss-reactive ketones (excluding diaryl/α,β-unsaturated/α-hetero) is 1. The number of nitrogens with zero attached hydrogens (tertiary/aromatic N) is 3. The summed E-state index contributed by atoms with van der Waals surface area (Å²) in [6, 6.07) is 8.80. The molecule has 4 rings (SSSR count). The normalized spacial score (nSPS) is 15.4. The Labute approximate surface area is 198 Å². The Morgan fingerprint density at radius 2 is 1.70 bits per heavy atom. The summed E-state index contributed by atoms with van der Waals surface area (Å²) in [5.74, 6) is 0.134. The molecule has 0 bridgehead atoms. The van der Waals surface area contributed by atoms with Crippen LogP contribution >= 0.6 is 11.3 Å². The number of benzene rings is 1. The summed E-state index contributed by atoms with van der Waals surface area (Å²) in [6.45, 7) is 8.62. The van der Waals surface area contributed by atoms with Gasteiger partial charge in [-0.2, -0.15) is 4.31 Å². The zero-order valence-electron chi connectivity index (χ0n) is 19.2. The van der Waals surface area contributed by atoms with E-state index in [0.29, 0.717) is 34.3 Å². The van der Waals surface area contributed by atoms with Crippen molar-refractivity contribution in [2.24, 2.45) is 0 Å². The largest absolute Gasteiger partial charge is 0.335 e. The first-order chi connectivity index (χ1) is 15.6. The van der Waals surface area contributed by atoms with Gasteiger partial charge in [-0.25, -0.2) is 13.4 Å². The molecule has 1 saturated heterocycles. The number of pyridine rings is 1. The van der Waals surface area contributed by atoms with E-state index in [0.717, 1.165) is 16.5 Å². The SMILES string of the molecule is CC(=O)c1cnc2sc(C(=O)N3CCN(S(=O)(=O)c4ccc(C(C)C)cc4)CC3)c(C)c2c1. The molecule has 3 heterocycles. The molecule has 1 aromatic carbocycles. The molecule has 1 fully saturated rings. The highest BCUT2D eigenvalue weighted by atomic mass is 32.2. The number of amides is 1. The monoisotopic (exact) mass is 485 g/mol. The minimum absolute atomic E-state index is 0.0703. The molecular weight excluding hydrogens is 458 g/mol. The molecule has 9 heteroatoms. The summed E-state index contributed by atoms with van der Waals surface area (Å²) in [6.07, 6.45) is 1.53. The zero-order chi connectivity index (χ0) is 23.9. The van der Waals surface area contributed by atoms with Crippen molar-refractivity contribution >= 4 is 43.3 Å². The van der Waals surface area contributed by atoms with Crippen LogP contribution in [0.2, 0.25) is 0 Å². The van der Waals surface area contributed by atoms with Crippen molar-refractivity contribution in [3.05, 3.63) is 58.1 Å². The molecule has 0 radical (unpaired) electrons. The number of hydrogen-bond donors (Lipinski definition) is 0. The molecule has 1 aliphatic rings. The minimum Gasteiger partial charge on any atom is -0.335 e. The second-order valence-corrected chi connectivity index (χ2v) is 11.5. The van der Waals surface area contributed by atoms with Crippen LogP contribution < -0.4 is 0 Å². The van der Waals surface area contributed by atoms with Crippen molar-refractivity contribution in [3.8, 4) is 0 Å². The molecule has 0 unspecified atom stereocenters. The van der Waals surface area contributed by atoms with Crippen LogP contribution in [0, 0.1) is 6.92 Å². The van der Waals surface area contributed by atoms with Gasteiger partial charge >= 0.3 is 0 Å². The van der Waals surface area contributed by atoms with Crippen LogP contribution in [0.5, 0.6) is 0 Å². The van der Waals surface area contributed by atoms with Crippen LogP contribution in [0.15, 0.2) is 41.4 Å². The van der Waals surface area contributed by atoms with E-state index >= 15 is 0 Å². The fourth-order valence-electron chi connectivity index (χ4n) is 3.94. The van der Waals surface area contributed by atoms with E-state index in [1.54, 1.807) is 23.1 Å². The third-order valence-electron chi connectivity index (χ3n) is 6.11. The molecule has 3 aromatic rings. The number of aromatic nitrogens is 1. The number of ketones is 1. The predicted molar refractivity (Wildman–Crippen MR) is 130 cm³/mol. The number of carbonyl (C=O) groups excluding carboxylic acids is 2. The predicted octanol–water partition coefficient (Wildman–Crippen LogP) is 4.08. The number of piperazine rings is 1. The summed E-state index contributed by atoms with van der Waals surface area (Å²) in [5, 5.41) is 0.808. The Kier molecular flexibility index (Phi) is 6.39. The number of hydrogen-bond acceptors (Lipinski definition) is 6. The van der Waals surface area contributed by atoms with Crippen LogP contribution in [0.1, 0.15) is 57.8 Å². The topological polar surface area (TPSA) is 87.7 Å². The maximum absolute atomic E-state index is 13.2. The first-order valence-electron chi connectivity index (χ1n) is 10.9. The lowest BCUT2D eigenvalue weighted by atomic mass is 10.0. The summed E-state index contributed by atoms with van der Waals surface area (Å²) in [4.78, 5) is 32.5. The van der Waals surface area contributed by atoms with Crippen molar-refractivity contribution in [1.82, 2.24) is 14.2 Å². The second kappa shape index (κ2) is 8.96. The van der Waals surface area contributed by atoms with Gasteiger partial charge in [0.1, 0.15) is 4.83 Å². The molecule has 2 aromatic heterocycles. The van der Waals surface area contributed by atoms with Crippen molar-refractivity contribution in [2.45, 2.75) is 38.5 Å². The minimum atomic E-state index is -3.60. The van der Waals surface area contributed by atoms with E-state index in [1.807, 2.05) is 19.1 Å².